The van der Waals surface area contributed by atoms with Gasteiger partial charge in [0.25, 0.3) is 0 Å². The van der Waals surface area contributed by atoms with E-state index in [0.29, 0.717) is 11.6 Å². The lowest BCUT2D eigenvalue weighted by Gasteiger charge is -2.20. The Bertz CT molecular complexity index is 770. The van der Waals surface area contributed by atoms with Crippen LogP contribution in [0.1, 0.15) is 43.4 Å². The van der Waals surface area contributed by atoms with Crippen molar-refractivity contribution in [1.29, 1.82) is 0 Å². The van der Waals surface area contributed by atoms with E-state index in [0.717, 1.165) is 18.4 Å². The molecule has 4 nitrogen and oxygen atoms in total. The van der Waals surface area contributed by atoms with Crippen molar-refractivity contribution in [3.63, 3.8) is 0 Å². The molecule has 0 saturated heterocycles. The van der Waals surface area contributed by atoms with Crippen LogP contribution in [0.2, 0.25) is 5.02 Å². The van der Waals surface area contributed by atoms with Gasteiger partial charge < -0.3 is 10.6 Å². The van der Waals surface area contributed by atoms with Crippen molar-refractivity contribution in [3.8, 4) is 0 Å². The molecule has 0 radical (unpaired) electrons. The molecule has 0 bridgehead atoms. The van der Waals surface area contributed by atoms with Gasteiger partial charge in [-0.2, -0.15) is 0 Å². The number of carbonyl (C=O) groups excluding carboxylic acids is 2. The first-order valence-corrected chi connectivity index (χ1v) is 9.21. The molecule has 1 fully saturated rings. The summed E-state index contributed by atoms with van der Waals surface area (Å²) >= 11 is 5.93. The molecule has 2 aromatic rings. The highest BCUT2D eigenvalue weighted by molar-refractivity contribution is 6.30. The Balaban J connectivity index is 1.61. The topological polar surface area (TPSA) is 58.2 Å². The number of benzene rings is 2. The third-order valence-corrected chi connectivity index (χ3v) is 5.16. The van der Waals surface area contributed by atoms with E-state index in [1.54, 1.807) is 12.1 Å². The van der Waals surface area contributed by atoms with Gasteiger partial charge in [0, 0.05) is 23.9 Å². The van der Waals surface area contributed by atoms with Crippen molar-refractivity contribution in [2.24, 2.45) is 0 Å². The summed E-state index contributed by atoms with van der Waals surface area (Å²) in [5.41, 5.74) is 2.21. The van der Waals surface area contributed by atoms with Crippen LogP contribution in [-0.4, -0.2) is 18.4 Å². The molecule has 5 heteroatoms. The lowest BCUT2D eigenvalue weighted by Crippen LogP contribution is -2.36. The maximum atomic E-state index is 12.5. The molecule has 3 rings (SSSR count). The van der Waals surface area contributed by atoms with Crippen molar-refractivity contribution >= 4 is 23.4 Å². The summed E-state index contributed by atoms with van der Waals surface area (Å²) in [6, 6.07) is 17.1. The smallest absolute Gasteiger partial charge is 0.222 e. The first-order chi connectivity index (χ1) is 12.5. The highest BCUT2D eigenvalue weighted by Gasteiger charge is 2.44. The summed E-state index contributed by atoms with van der Waals surface area (Å²) in [6.07, 6.45) is 2.37. The standard InChI is InChI=1S/C21H23ClN2O2/c1-15(25)24-19(16-7-9-18(22)10-8-16)13-20(26)23-14-21(11-12-21)17-5-3-2-4-6-17/h2-10,19H,11-14H2,1H3,(H,23,26)(H,24,25). The highest BCUT2D eigenvalue weighted by Crippen LogP contribution is 2.47. The molecule has 2 aromatic carbocycles. The second-order valence-electron chi connectivity index (χ2n) is 6.93. The van der Waals surface area contributed by atoms with Gasteiger partial charge in [-0.3, -0.25) is 9.59 Å². The van der Waals surface area contributed by atoms with Crippen molar-refractivity contribution in [3.05, 3.63) is 70.7 Å². The summed E-state index contributed by atoms with van der Waals surface area (Å²) in [7, 11) is 0. The van der Waals surface area contributed by atoms with Crippen LogP contribution in [0.15, 0.2) is 54.6 Å². The second-order valence-corrected chi connectivity index (χ2v) is 7.37. The second kappa shape index (κ2) is 7.92. The van der Waals surface area contributed by atoms with Crippen molar-refractivity contribution in [2.45, 2.75) is 37.6 Å². The number of hydrogen-bond donors (Lipinski definition) is 2. The van der Waals surface area contributed by atoms with E-state index in [1.165, 1.54) is 12.5 Å². The van der Waals surface area contributed by atoms with Crippen LogP contribution in [0.3, 0.4) is 0 Å². The number of hydrogen-bond acceptors (Lipinski definition) is 2. The number of amides is 2. The Morgan fingerprint density at radius 3 is 2.31 bits per heavy atom. The molecule has 0 spiro atoms. The largest absolute Gasteiger partial charge is 0.355 e. The number of halogens is 1. The Labute approximate surface area is 158 Å². The maximum absolute atomic E-state index is 12.5. The van der Waals surface area contributed by atoms with E-state index < -0.39 is 0 Å². The van der Waals surface area contributed by atoms with Crippen LogP contribution < -0.4 is 10.6 Å². The van der Waals surface area contributed by atoms with Crippen LogP contribution in [0, 0.1) is 0 Å². The van der Waals surface area contributed by atoms with E-state index in [1.807, 2.05) is 30.3 Å². The zero-order valence-corrected chi connectivity index (χ0v) is 15.6. The van der Waals surface area contributed by atoms with Crippen LogP contribution in [0.4, 0.5) is 0 Å². The minimum absolute atomic E-state index is 0.0686. The molecule has 0 aromatic heterocycles. The van der Waals surface area contributed by atoms with Crippen LogP contribution in [0.25, 0.3) is 0 Å². The molecule has 1 saturated carbocycles. The van der Waals surface area contributed by atoms with E-state index in [4.69, 9.17) is 11.6 Å². The fraction of sp³-hybridized carbons (Fsp3) is 0.333. The third-order valence-electron chi connectivity index (χ3n) is 4.90. The van der Waals surface area contributed by atoms with Gasteiger partial charge in [0.05, 0.1) is 12.5 Å². The zero-order valence-electron chi connectivity index (χ0n) is 14.8. The Morgan fingerprint density at radius 1 is 1.08 bits per heavy atom. The van der Waals surface area contributed by atoms with Crippen LogP contribution in [-0.2, 0) is 15.0 Å². The molecule has 26 heavy (non-hydrogen) atoms. The normalized spacial score (nSPS) is 15.8. The SMILES string of the molecule is CC(=O)NC(CC(=O)NCC1(c2ccccc2)CC1)c1ccc(Cl)cc1. The summed E-state index contributed by atoms with van der Waals surface area (Å²) in [5, 5.41) is 6.52. The molecule has 2 N–H and O–H groups in total. The van der Waals surface area contributed by atoms with Crippen LogP contribution >= 0.6 is 11.6 Å². The Morgan fingerprint density at radius 2 is 1.73 bits per heavy atom. The van der Waals surface area contributed by atoms with Gasteiger partial charge in [0.1, 0.15) is 0 Å². The number of nitrogens with one attached hydrogen (secondary N) is 2. The molecule has 136 valence electrons. The maximum Gasteiger partial charge on any atom is 0.222 e. The fourth-order valence-corrected chi connectivity index (χ4v) is 3.35. The first kappa shape index (κ1) is 18.5. The Hall–Kier alpha value is -2.33. The van der Waals surface area contributed by atoms with Gasteiger partial charge in [-0.1, -0.05) is 54.1 Å². The zero-order chi connectivity index (χ0) is 18.6. The van der Waals surface area contributed by atoms with Gasteiger partial charge in [-0.25, -0.2) is 0 Å². The summed E-state index contributed by atoms with van der Waals surface area (Å²) in [6.45, 7) is 2.08. The van der Waals surface area contributed by atoms with E-state index in [9.17, 15) is 9.59 Å². The van der Waals surface area contributed by atoms with Crippen LogP contribution in [0.5, 0.6) is 0 Å². The summed E-state index contributed by atoms with van der Waals surface area (Å²) in [5.74, 6) is -0.235. The lowest BCUT2D eigenvalue weighted by atomic mass is 9.96. The van der Waals surface area contributed by atoms with Gasteiger partial charge in [0.15, 0.2) is 0 Å². The van der Waals surface area contributed by atoms with Crippen molar-refractivity contribution < 1.29 is 9.59 Å². The number of carbonyl (C=O) groups is 2. The highest BCUT2D eigenvalue weighted by atomic mass is 35.5. The van der Waals surface area contributed by atoms with E-state index in [2.05, 4.69) is 22.8 Å². The molecular weight excluding hydrogens is 348 g/mol. The fourth-order valence-electron chi connectivity index (χ4n) is 3.23. The summed E-state index contributed by atoms with van der Waals surface area (Å²) < 4.78 is 0. The minimum atomic E-state index is -0.364. The lowest BCUT2D eigenvalue weighted by molar-refractivity contribution is -0.122. The monoisotopic (exact) mass is 370 g/mol. The quantitative estimate of drug-likeness (QED) is 0.779. The molecule has 2 amide bonds. The number of rotatable bonds is 7. The van der Waals surface area contributed by atoms with E-state index >= 15 is 0 Å². The Kier molecular flexibility index (Phi) is 5.62. The molecule has 0 aliphatic heterocycles. The molecule has 1 aliphatic rings. The minimum Gasteiger partial charge on any atom is -0.355 e. The first-order valence-electron chi connectivity index (χ1n) is 8.83. The predicted molar refractivity (Wildman–Crippen MR) is 103 cm³/mol. The average Bonchev–Trinajstić information content (AvgIpc) is 3.42. The van der Waals surface area contributed by atoms with Gasteiger partial charge >= 0.3 is 0 Å². The third kappa shape index (κ3) is 4.64. The van der Waals surface area contributed by atoms with Gasteiger partial charge in [-0.15, -0.1) is 0 Å². The molecule has 1 atom stereocenters. The van der Waals surface area contributed by atoms with Crippen molar-refractivity contribution in [1.82, 2.24) is 10.6 Å². The average molecular weight is 371 g/mol. The van der Waals surface area contributed by atoms with Gasteiger partial charge in [0.2, 0.25) is 11.8 Å². The summed E-state index contributed by atoms with van der Waals surface area (Å²) in [4.78, 5) is 24.0. The molecule has 1 unspecified atom stereocenters. The molecule has 0 heterocycles. The predicted octanol–water partition coefficient (Wildman–Crippen LogP) is 3.76. The molecule has 1 aliphatic carbocycles. The van der Waals surface area contributed by atoms with Gasteiger partial charge in [-0.05, 0) is 36.1 Å². The van der Waals surface area contributed by atoms with E-state index in [-0.39, 0.29) is 29.7 Å². The van der Waals surface area contributed by atoms with Crippen molar-refractivity contribution in [2.75, 3.05) is 6.54 Å². The molecular formula is C21H23ClN2O2.